The number of nitrogens with zero attached hydrogens (tertiary/aromatic N) is 1. The van der Waals surface area contributed by atoms with Crippen molar-refractivity contribution in [2.75, 3.05) is 7.05 Å². The van der Waals surface area contributed by atoms with Crippen LogP contribution < -0.4 is 5.32 Å². The molecule has 1 unspecified atom stereocenters. The summed E-state index contributed by atoms with van der Waals surface area (Å²) in [5, 5.41) is 10.7. The van der Waals surface area contributed by atoms with E-state index in [0.717, 1.165) is 0 Å². The molecule has 3 heteroatoms. The van der Waals surface area contributed by atoms with E-state index >= 15 is 0 Å². The molecule has 1 atom stereocenters. The van der Waals surface area contributed by atoms with E-state index in [1.807, 2.05) is 6.20 Å². The van der Waals surface area contributed by atoms with Gasteiger partial charge in [-0.05, 0) is 43.7 Å². The summed E-state index contributed by atoms with van der Waals surface area (Å²) in [5.41, 5.74) is 3.33. The maximum Gasteiger partial charge on any atom is 0.0559 e. The van der Waals surface area contributed by atoms with E-state index in [9.17, 15) is 0 Å². The first-order valence-corrected chi connectivity index (χ1v) is 5.05. The maximum atomic E-state index is 4.13. The van der Waals surface area contributed by atoms with Gasteiger partial charge in [-0.3, -0.25) is 5.10 Å². The van der Waals surface area contributed by atoms with Crippen LogP contribution in [0.15, 0.2) is 6.20 Å². The number of rotatable bonds is 1. The molecule has 13 heavy (non-hydrogen) atoms. The molecule has 0 aromatic carbocycles. The highest BCUT2D eigenvalue weighted by Crippen LogP contribution is 2.60. The van der Waals surface area contributed by atoms with Crippen molar-refractivity contribution in [3.63, 3.8) is 0 Å². The predicted molar refractivity (Wildman–Crippen MR) is 50.4 cm³/mol. The van der Waals surface area contributed by atoms with Crippen LogP contribution in [0.2, 0.25) is 0 Å². The lowest BCUT2D eigenvalue weighted by molar-refractivity contribution is 0.307. The van der Waals surface area contributed by atoms with Crippen molar-refractivity contribution >= 4 is 0 Å². The quantitative estimate of drug-likeness (QED) is 0.680. The van der Waals surface area contributed by atoms with Gasteiger partial charge in [0, 0.05) is 0 Å². The Kier molecular flexibility index (Phi) is 1.37. The Hall–Kier alpha value is -0.830. The summed E-state index contributed by atoms with van der Waals surface area (Å²) in [5.74, 6) is 0. The summed E-state index contributed by atoms with van der Waals surface area (Å²) in [6.45, 7) is 0. The Morgan fingerprint density at radius 1 is 1.54 bits per heavy atom. The Bertz CT molecular complexity index is 325. The van der Waals surface area contributed by atoms with E-state index < -0.39 is 0 Å². The lowest BCUT2D eigenvalue weighted by Crippen LogP contribution is -2.31. The number of H-pyrrole nitrogens is 1. The summed E-state index contributed by atoms with van der Waals surface area (Å²) < 4.78 is 0. The molecule has 1 fully saturated rings. The van der Waals surface area contributed by atoms with Gasteiger partial charge in [0.2, 0.25) is 0 Å². The largest absolute Gasteiger partial charge is 0.311 e. The molecule has 0 bridgehead atoms. The molecule has 1 heterocycles. The van der Waals surface area contributed by atoms with Crippen LogP contribution in [0.5, 0.6) is 0 Å². The minimum Gasteiger partial charge on any atom is -0.311 e. The molecular weight excluding hydrogens is 162 g/mol. The van der Waals surface area contributed by atoms with Crippen molar-refractivity contribution in [3.8, 4) is 0 Å². The van der Waals surface area contributed by atoms with Gasteiger partial charge in [0.15, 0.2) is 0 Å². The topological polar surface area (TPSA) is 40.7 Å². The van der Waals surface area contributed by atoms with Gasteiger partial charge in [0.25, 0.3) is 0 Å². The van der Waals surface area contributed by atoms with Crippen LogP contribution in [-0.2, 0) is 6.42 Å². The second-order valence-corrected chi connectivity index (χ2v) is 4.39. The van der Waals surface area contributed by atoms with Crippen LogP contribution >= 0.6 is 0 Å². The molecule has 2 aliphatic carbocycles. The van der Waals surface area contributed by atoms with Gasteiger partial charge in [-0.25, -0.2) is 0 Å². The molecule has 70 valence electrons. The molecule has 2 aliphatic rings. The van der Waals surface area contributed by atoms with Gasteiger partial charge in [-0.15, -0.1) is 0 Å². The summed E-state index contributed by atoms with van der Waals surface area (Å²) in [7, 11) is 2.06. The number of aryl methyl sites for hydroxylation is 1. The number of hydrogen-bond acceptors (Lipinski definition) is 2. The number of aromatic nitrogens is 2. The zero-order valence-corrected chi connectivity index (χ0v) is 7.93. The normalized spacial score (nSPS) is 28.8. The highest BCUT2D eigenvalue weighted by Gasteiger charge is 2.52. The third-order valence-corrected chi connectivity index (χ3v) is 3.73. The monoisotopic (exact) mass is 177 g/mol. The zero-order valence-electron chi connectivity index (χ0n) is 7.93. The molecule has 0 amide bonds. The molecule has 3 rings (SSSR count). The van der Waals surface area contributed by atoms with Crippen molar-refractivity contribution in [1.82, 2.24) is 15.5 Å². The summed E-state index contributed by atoms with van der Waals surface area (Å²) in [4.78, 5) is 0. The smallest absolute Gasteiger partial charge is 0.0559 e. The number of hydrogen-bond donors (Lipinski definition) is 2. The Morgan fingerprint density at radius 2 is 2.38 bits per heavy atom. The third-order valence-electron chi connectivity index (χ3n) is 3.73. The van der Waals surface area contributed by atoms with E-state index in [0.29, 0.717) is 11.5 Å². The Morgan fingerprint density at radius 3 is 3.08 bits per heavy atom. The molecule has 3 nitrogen and oxygen atoms in total. The highest BCUT2D eigenvalue weighted by atomic mass is 15.1. The van der Waals surface area contributed by atoms with Gasteiger partial charge in [0.1, 0.15) is 0 Å². The van der Waals surface area contributed by atoms with Crippen molar-refractivity contribution < 1.29 is 0 Å². The SMILES string of the molecule is CNC1c2[nH]ncc2CCC12CC2. The summed E-state index contributed by atoms with van der Waals surface area (Å²) >= 11 is 0. The van der Waals surface area contributed by atoms with Crippen LogP contribution in [0.4, 0.5) is 0 Å². The molecule has 0 saturated heterocycles. The molecular formula is C10H15N3. The molecule has 1 spiro atoms. The Balaban J connectivity index is 2.04. The fourth-order valence-corrected chi connectivity index (χ4v) is 2.75. The van der Waals surface area contributed by atoms with E-state index in [1.165, 1.54) is 36.9 Å². The molecule has 0 radical (unpaired) electrons. The lowest BCUT2D eigenvalue weighted by Gasteiger charge is -2.30. The molecule has 1 aromatic rings. The molecule has 1 aromatic heterocycles. The van der Waals surface area contributed by atoms with Crippen LogP contribution in [0, 0.1) is 5.41 Å². The van der Waals surface area contributed by atoms with Crippen LogP contribution in [0.25, 0.3) is 0 Å². The molecule has 1 saturated carbocycles. The first kappa shape index (κ1) is 7.56. The van der Waals surface area contributed by atoms with Gasteiger partial charge in [-0.2, -0.15) is 5.10 Å². The van der Waals surface area contributed by atoms with Gasteiger partial charge in [0.05, 0.1) is 17.9 Å². The molecule has 2 N–H and O–H groups in total. The first-order chi connectivity index (χ1) is 6.36. The second kappa shape index (κ2) is 2.35. The van der Waals surface area contributed by atoms with Crippen molar-refractivity contribution in [2.24, 2.45) is 5.41 Å². The minimum atomic E-state index is 0.527. The lowest BCUT2D eigenvalue weighted by atomic mass is 9.81. The fourth-order valence-electron chi connectivity index (χ4n) is 2.75. The van der Waals surface area contributed by atoms with E-state index in [1.54, 1.807) is 0 Å². The first-order valence-electron chi connectivity index (χ1n) is 5.05. The van der Waals surface area contributed by atoms with Gasteiger partial charge < -0.3 is 5.32 Å². The second-order valence-electron chi connectivity index (χ2n) is 4.39. The Labute approximate surface area is 77.9 Å². The van der Waals surface area contributed by atoms with E-state index in [2.05, 4.69) is 22.6 Å². The third kappa shape index (κ3) is 0.908. The summed E-state index contributed by atoms with van der Waals surface area (Å²) in [6.07, 6.45) is 7.30. The van der Waals surface area contributed by atoms with Crippen molar-refractivity contribution in [2.45, 2.75) is 31.7 Å². The van der Waals surface area contributed by atoms with E-state index in [4.69, 9.17) is 0 Å². The van der Waals surface area contributed by atoms with Crippen LogP contribution in [0.3, 0.4) is 0 Å². The molecule has 0 aliphatic heterocycles. The van der Waals surface area contributed by atoms with Crippen molar-refractivity contribution in [3.05, 3.63) is 17.5 Å². The zero-order chi connectivity index (χ0) is 8.89. The number of fused-ring (bicyclic) bond motifs is 1. The van der Waals surface area contributed by atoms with Gasteiger partial charge >= 0.3 is 0 Å². The van der Waals surface area contributed by atoms with Crippen LogP contribution in [-0.4, -0.2) is 17.2 Å². The summed E-state index contributed by atoms with van der Waals surface area (Å²) in [6, 6.07) is 0.527. The standard InChI is InChI=1S/C10H15N3/c1-11-9-8-7(6-12-13-8)2-3-10(9)4-5-10/h6,9,11H,2-5H2,1H3,(H,12,13). The average molecular weight is 177 g/mol. The predicted octanol–water partition coefficient (Wildman–Crippen LogP) is 1.40. The van der Waals surface area contributed by atoms with Gasteiger partial charge in [-0.1, -0.05) is 0 Å². The average Bonchev–Trinajstić information content (AvgIpc) is 2.76. The van der Waals surface area contributed by atoms with Crippen LogP contribution in [0.1, 0.15) is 36.6 Å². The van der Waals surface area contributed by atoms with Crippen molar-refractivity contribution in [1.29, 1.82) is 0 Å². The minimum absolute atomic E-state index is 0.527. The highest BCUT2D eigenvalue weighted by molar-refractivity contribution is 5.29. The fraction of sp³-hybridized carbons (Fsp3) is 0.700. The van der Waals surface area contributed by atoms with E-state index in [-0.39, 0.29) is 0 Å². The maximum absolute atomic E-state index is 4.13. The number of nitrogens with one attached hydrogen (secondary N) is 2. The number of aromatic amines is 1.